The van der Waals surface area contributed by atoms with Crippen molar-refractivity contribution in [2.45, 2.75) is 40.0 Å². The Morgan fingerprint density at radius 2 is 1.95 bits per heavy atom. The van der Waals surface area contributed by atoms with Gasteiger partial charge < -0.3 is 0 Å². The molecule has 0 saturated carbocycles. The topological polar surface area (TPSA) is 111 Å². The van der Waals surface area contributed by atoms with E-state index in [0.717, 1.165) is 31.0 Å². The molecule has 0 spiro atoms. The summed E-state index contributed by atoms with van der Waals surface area (Å²) in [5.41, 5.74) is 3.03. The number of rotatable bonds is 8. The zero-order valence-electron chi connectivity index (χ0n) is 12.9. The third kappa shape index (κ3) is 4.80. The Morgan fingerprint density at radius 3 is 2.45 bits per heavy atom. The van der Waals surface area contributed by atoms with Crippen LogP contribution in [0.2, 0.25) is 0 Å². The maximum atomic E-state index is 11.0. The summed E-state index contributed by atoms with van der Waals surface area (Å²) >= 11 is 0. The molecule has 8 heteroatoms. The van der Waals surface area contributed by atoms with Crippen LogP contribution in [0.1, 0.15) is 40.0 Å². The summed E-state index contributed by atoms with van der Waals surface area (Å²) in [7, 11) is 0. The van der Waals surface area contributed by atoms with Crippen LogP contribution in [0.3, 0.4) is 0 Å². The van der Waals surface area contributed by atoms with Crippen molar-refractivity contribution in [3.8, 4) is 0 Å². The van der Waals surface area contributed by atoms with E-state index >= 15 is 0 Å². The molecule has 8 nitrogen and oxygen atoms in total. The quantitative estimate of drug-likeness (QED) is 0.441. The Balaban J connectivity index is 3.01. The molecule has 0 saturated heterocycles. The first-order chi connectivity index (χ1) is 10.4. The molecule has 0 radical (unpaired) electrons. The van der Waals surface area contributed by atoms with E-state index in [2.05, 4.69) is 24.4 Å². The molecule has 0 bridgehead atoms. The Morgan fingerprint density at radius 1 is 1.27 bits per heavy atom. The van der Waals surface area contributed by atoms with Gasteiger partial charge in [-0.15, -0.1) is 0 Å². The fourth-order valence-electron chi connectivity index (χ4n) is 1.83. The second kappa shape index (κ2) is 8.06. The largest absolute Gasteiger partial charge is 0.301 e. The highest BCUT2D eigenvalue weighted by atomic mass is 16.6. The molecule has 0 amide bonds. The third-order valence-corrected chi connectivity index (χ3v) is 3.41. The summed E-state index contributed by atoms with van der Waals surface area (Å²) in [5, 5.41) is 25.9. The van der Waals surface area contributed by atoms with E-state index in [9.17, 15) is 20.2 Å². The number of non-ortho nitro benzene ring substituents is 1. The van der Waals surface area contributed by atoms with Crippen LogP contribution in [0.5, 0.6) is 0 Å². The van der Waals surface area contributed by atoms with E-state index in [1.807, 2.05) is 6.92 Å². The van der Waals surface area contributed by atoms with Crippen LogP contribution in [0.25, 0.3) is 0 Å². The Bertz CT molecular complexity index is 586. The molecule has 0 aliphatic rings. The second-order valence-corrected chi connectivity index (χ2v) is 5.08. The number of nitrogens with zero attached hydrogens (tertiary/aromatic N) is 3. The molecule has 0 aliphatic carbocycles. The van der Waals surface area contributed by atoms with Gasteiger partial charge in [0.05, 0.1) is 15.9 Å². The zero-order valence-corrected chi connectivity index (χ0v) is 12.9. The van der Waals surface area contributed by atoms with Gasteiger partial charge in [-0.1, -0.05) is 27.2 Å². The van der Waals surface area contributed by atoms with Crippen molar-refractivity contribution >= 4 is 22.8 Å². The summed E-state index contributed by atoms with van der Waals surface area (Å²) in [6.07, 6.45) is 2.57. The molecule has 1 atom stereocenters. The number of nitro benzene ring substituents is 2. The Labute approximate surface area is 128 Å². The lowest BCUT2D eigenvalue weighted by atomic mass is 10.0. The highest BCUT2D eigenvalue weighted by Gasteiger charge is 2.19. The SMILES string of the molecule is CC/C(C[C@H](C)CC)=N\Nc1ccc([N+](=O)[O-])cc1[N+](=O)[O-]. The minimum Gasteiger partial charge on any atom is -0.272 e. The van der Waals surface area contributed by atoms with Gasteiger partial charge in [0, 0.05) is 11.8 Å². The highest BCUT2D eigenvalue weighted by molar-refractivity contribution is 5.85. The highest BCUT2D eigenvalue weighted by Crippen LogP contribution is 2.29. The van der Waals surface area contributed by atoms with Gasteiger partial charge in [0.15, 0.2) is 0 Å². The summed E-state index contributed by atoms with van der Waals surface area (Å²) < 4.78 is 0. The smallest absolute Gasteiger partial charge is 0.272 e. The molecule has 120 valence electrons. The summed E-state index contributed by atoms with van der Waals surface area (Å²) in [4.78, 5) is 20.4. The summed E-state index contributed by atoms with van der Waals surface area (Å²) in [6.45, 7) is 6.17. The first-order valence-corrected chi connectivity index (χ1v) is 7.13. The van der Waals surface area contributed by atoms with Crippen LogP contribution in [0.4, 0.5) is 17.1 Å². The van der Waals surface area contributed by atoms with E-state index in [1.54, 1.807) is 0 Å². The normalized spacial score (nSPS) is 12.8. The van der Waals surface area contributed by atoms with Gasteiger partial charge in [-0.05, 0) is 24.8 Å². The van der Waals surface area contributed by atoms with Gasteiger partial charge in [0.25, 0.3) is 5.69 Å². The average molecular weight is 308 g/mol. The number of nitrogens with one attached hydrogen (secondary N) is 1. The first-order valence-electron chi connectivity index (χ1n) is 7.13. The van der Waals surface area contributed by atoms with Crippen LogP contribution in [0.15, 0.2) is 23.3 Å². The van der Waals surface area contributed by atoms with Gasteiger partial charge in [0.2, 0.25) is 0 Å². The average Bonchev–Trinajstić information content (AvgIpc) is 2.50. The predicted octanol–water partition coefficient (Wildman–Crippen LogP) is 4.12. The van der Waals surface area contributed by atoms with Crippen LogP contribution in [-0.4, -0.2) is 15.6 Å². The molecule has 0 aliphatic heterocycles. The van der Waals surface area contributed by atoms with Crippen LogP contribution in [0, 0.1) is 26.1 Å². The molecule has 0 fully saturated rings. The third-order valence-electron chi connectivity index (χ3n) is 3.41. The standard InChI is InChI=1S/C14H20N4O4/c1-4-10(3)8-11(5-2)15-16-13-7-6-12(17(19)20)9-14(13)18(21)22/h6-7,9-10,16H,4-5,8H2,1-3H3/b15-11+/t10-/m1/s1. The summed E-state index contributed by atoms with van der Waals surface area (Å²) in [6, 6.07) is 3.44. The van der Waals surface area contributed by atoms with Gasteiger partial charge in [0.1, 0.15) is 5.69 Å². The molecule has 1 rings (SSSR count). The van der Waals surface area contributed by atoms with E-state index in [-0.39, 0.29) is 17.1 Å². The molecule has 1 aromatic rings. The van der Waals surface area contributed by atoms with Gasteiger partial charge in [-0.3, -0.25) is 25.7 Å². The molecular weight excluding hydrogens is 288 g/mol. The number of nitro groups is 2. The molecule has 22 heavy (non-hydrogen) atoms. The summed E-state index contributed by atoms with van der Waals surface area (Å²) in [5.74, 6) is 0.479. The lowest BCUT2D eigenvalue weighted by Gasteiger charge is -2.10. The lowest BCUT2D eigenvalue weighted by molar-refractivity contribution is -0.393. The van der Waals surface area contributed by atoms with Crippen LogP contribution < -0.4 is 5.43 Å². The molecule has 0 heterocycles. The minimum absolute atomic E-state index is 0.144. The number of hydrazone groups is 1. The van der Waals surface area contributed by atoms with Crippen LogP contribution in [-0.2, 0) is 0 Å². The molecular formula is C14H20N4O4. The first kappa shape index (κ1) is 17.5. The van der Waals surface area contributed by atoms with Gasteiger partial charge in [-0.2, -0.15) is 5.10 Å². The maximum Gasteiger partial charge on any atom is 0.301 e. The lowest BCUT2D eigenvalue weighted by Crippen LogP contribution is -2.07. The Hall–Kier alpha value is -2.51. The fraction of sp³-hybridized carbons (Fsp3) is 0.500. The van der Waals surface area contributed by atoms with Crippen molar-refractivity contribution in [2.75, 3.05) is 5.43 Å². The number of benzene rings is 1. The number of hydrogen-bond acceptors (Lipinski definition) is 6. The molecule has 0 unspecified atom stereocenters. The van der Waals surface area contributed by atoms with Crippen LogP contribution >= 0.6 is 0 Å². The number of anilines is 1. The van der Waals surface area contributed by atoms with Crippen molar-refractivity contribution < 1.29 is 9.85 Å². The zero-order chi connectivity index (χ0) is 16.7. The van der Waals surface area contributed by atoms with E-state index in [4.69, 9.17) is 0 Å². The van der Waals surface area contributed by atoms with E-state index in [0.29, 0.717) is 5.92 Å². The van der Waals surface area contributed by atoms with Crippen molar-refractivity contribution in [1.82, 2.24) is 0 Å². The van der Waals surface area contributed by atoms with Crippen molar-refractivity contribution in [1.29, 1.82) is 0 Å². The van der Waals surface area contributed by atoms with E-state index < -0.39 is 9.85 Å². The Kier molecular flexibility index (Phi) is 6.43. The fourth-order valence-corrected chi connectivity index (χ4v) is 1.83. The van der Waals surface area contributed by atoms with E-state index in [1.165, 1.54) is 12.1 Å². The van der Waals surface area contributed by atoms with Gasteiger partial charge in [-0.25, -0.2) is 0 Å². The second-order valence-electron chi connectivity index (χ2n) is 5.08. The minimum atomic E-state index is -0.666. The number of hydrogen-bond donors (Lipinski definition) is 1. The monoisotopic (exact) mass is 308 g/mol. The van der Waals surface area contributed by atoms with Crippen molar-refractivity contribution in [3.05, 3.63) is 38.4 Å². The molecule has 1 aromatic carbocycles. The van der Waals surface area contributed by atoms with Crippen molar-refractivity contribution in [2.24, 2.45) is 11.0 Å². The van der Waals surface area contributed by atoms with Crippen molar-refractivity contribution in [3.63, 3.8) is 0 Å². The van der Waals surface area contributed by atoms with Gasteiger partial charge >= 0.3 is 5.69 Å². The molecule has 0 aromatic heterocycles. The maximum absolute atomic E-state index is 11.0. The predicted molar refractivity (Wildman–Crippen MR) is 85.2 cm³/mol. The molecule has 1 N–H and O–H groups in total.